The van der Waals surface area contributed by atoms with Crippen molar-refractivity contribution in [1.82, 2.24) is 20.4 Å². The molecule has 6 nitrogen and oxygen atoms in total. The number of pyridine rings is 1. The van der Waals surface area contributed by atoms with Gasteiger partial charge >= 0.3 is 0 Å². The standard InChI is InChI=1S/C12H16N4O2/c1-9-5-11(17-2)6-10(16-9)7-13-4-3-12-14-8-15-18-12/h5-6,8,13H,3-4,7H2,1-2H3. The van der Waals surface area contributed by atoms with Gasteiger partial charge in [0.15, 0.2) is 6.33 Å². The second kappa shape index (κ2) is 6.11. The predicted octanol–water partition coefficient (Wildman–Crippen LogP) is 1.11. The molecule has 2 aromatic heterocycles. The maximum Gasteiger partial charge on any atom is 0.227 e. The van der Waals surface area contributed by atoms with Gasteiger partial charge in [-0.05, 0) is 6.92 Å². The predicted molar refractivity (Wildman–Crippen MR) is 65.2 cm³/mol. The van der Waals surface area contributed by atoms with E-state index in [9.17, 15) is 0 Å². The van der Waals surface area contributed by atoms with Crippen molar-refractivity contribution in [2.45, 2.75) is 19.9 Å². The second-order valence-electron chi connectivity index (χ2n) is 3.90. The molecular formula is C12H16N4O2. The molecule has 2 heterocycles. The smallest absolute Gasteiger partial charge is 0.227 e. The summed E-state index contributed by atoms with van der Waals surface area (Å²) in [5, 5.41) is 6.82. The molecule has 0 radical (unpaired) electrons. The molecule has 0 aromatic carbocycles. The second-order valence-corrected chi connectivity index (χ2v) is 3.90. The molecule has 96 valence electrons. The van der Waals surface area contributed by atoms with Crippen LogP contribution in [0.5, 0.6) is 5.75 Å². The summed E-state index contributed by atoms with van der Waals surface area (Å²) in [5.41, 5.74) is 1.90. The molecule has 0 saturated carbocycles. The van der Waals surface area contributed by atoms with Crippen LogP contribution in [0.25, 0.3) is 0 Å². The lowest BCUT2D eigenvalue weighted by molar-refractivity contribution is 0.374. The SMILES string of the molecule is COc1cc(C)nc(CNCCc2ncno2)c1. The van der Waals surface area contributed by atoms with E-state index in [0.29, 0.717) is 18.9 Å². The van der Waals surface area contributed by atoms with Gasteiger partial charge in [-0.2, -0.15) is 4.98 Å². The molecule has 0 atom stereocenters. The molecular weight excluding hydrogens is 232 g/mol. The maximum atomic E-state index is 5.20. The molecule has 2 aromatic rings. The minimum atomic E-state index is 0.636. The van der Waals surface area contributed by atoms with Gasteiger partial charge in [-0.1, -0.05) is 5.16 Å². The molecule has 0 saturated heterocycles. The highest BCUT2D eigenvalue weighted by molar-refractivity contribution is 5.26. The summed E-state index contributed by atoms with van der Waals surface area (Å²) in [6.45, 7) is 3.40. The zero-order valence-corrected chi connectivity index (χ0v) is 10.5. The molecule has 0 aliphatic rings. The van der Waals surface area contributed by atoms with Crippen LogP contribution >= 0.6 is 0 Å². The molecule has 0 unspecified atom stereocenters. The Labute approximate surface area is 105 Å². The van der Waals surface area contributed by atoms with Crippen molar-refractivity contribution in [3.05, 3.63) is 35.7 Å². The van der Waals surface area contributed by atoms with E-state index in [1.54, 1.807) is 7.11 Å². The van der Waals surface area contributed by atoms with E-state index < -0.39 is 0 Å². The van der Waals surface area contributed by atoms with Crippen LogP contribution in [0.1, 0.15) is 17.3 Å². The number of methoxy groups -OCH3 is 1. The van der Waals surface area contributed by atoms with Crippen molar-refractivity contribution >= 4 is 0 Å². The first-order valence-corrected chi connectivity index (χ1v) is 5.76. The largest absolute Gasteiger partial charge is 0.497 e. The van der Waals surface area contributed by atoms with Gasteiger partial charge in [-0.15, -0.1) is 0 Å². The monoisotopic (exact) mass is 248 g/mol. The van der Waals surface area contributed by atoms with Crippen LogP contribution in [-0.2, 0) is 13.0 Å². The number of nitrogens with one attached hydrogen (secondary N) is 1. The molecule has 6 heteroatoms. The van der Waals surface area contributed by atoms with E-state index in [-0.39, 0.29) is 0 Å². The number of hydrogen-bond donors (Lipinski definition) is 1. The molecule has 18 heavy (non-hydrogen) atoms. The highest BCUT2D eigenvalue weighted by atomic mass is 16.5. The van der Waals surface area contributed by atoms with Crippen molar-refractivity contribution in [3.8, 4) is 5.75 Å². The Kier molecular flexibility index (Phi) is 4.25. The topological polar surface area (TPSA) is 73.1 Å². The molecule has 0 amide bonds. The molecule has 0 aliphatic heterocycles. The van der Waals surface area contributed by atoms with Crippen LogP contribution in [0.2, 0.25) is 0 Å². The summed E-state index contributed by atoms with van der Waals surface area (Å²) in [6.07, 6.45) is 2.12. The molecule has 0 aliphatic carbocycles. The average Bonchev–Trinajstić information content (AvgIpc) is 2.87. The first-order chi connectivity index (χ1) is 8.78. The third kappa shape index (κ3) is 3.53. The van der Waals surface area contributed by atoms with Gasteiger partial charge in [0.05, 0.1) is 12.8 Å². The zero-order chi connectivity index (χ0) is 12.8. The van der Waals surface area contributed by atoms with Crippen LogP contribution < -0.4 is 10.1 Å². The van der Waals surface area contributed by atoms with Gasteiger partial charge in [-0.3, -0.25) is 4.98 Å². The van der Waals surface area contributed by atoms with Crippen molar-refractivity contribution in [1.29, 1.82) is 0 Å². The number of nitrogens with zero attached hydrogens (tertiary/aromatic N) is 3. The van der Waals surface area contributed by atoms with E-state index in [2.05, 4.69) is 20.4 Å². The Morgan fingerprint density at radius 3 is 3.00 bits per heavy atom. The summed E-state index contributed by atoms with van der Waals surface area (Å²) in [5.74, 6) is 1.47. The van der Waals surface area contributed by atoms with Crippen molar-refractivity contribution in [2.24, 2.45) is 0 Å². The first kappa shape index (κ1) is 12.5. The van der Waals surface area contributed by atoms with Gasteiger partial charge in [0.2, 0.25) is 5.89 Å². The van der Waals surface area contributed by atoms with Crippen molar-refractivity contribution in [2.75, 3.05) is 13.7 Å². The summed E-state index contributed by atoms with van der Waals surface area (Å²) < 4.78 is 10.1. The molecule has 1 N–H and O–H groups in total. The summed E-state index contributed by atoms with van der Waals surface area (Å²) in [4.78, 5) is 8.37. The third-order valence-corrected chi connectivity index (χ3v) is 2.44. The van der Waals surface area contributed by atoms with Gasteiger partial charge in [0, 0.05) is 37.3 Å². The molecule has 0 bridgehead atoms. The fraction of sp³-hybridized carbons (Fsp3) is 0.417. The lowest BCUT2D eigenvalue weighted by atomic mass is 10.3. The van der Waals surface area contributed by atoms with E-state index >= 15 is 0 Å². The molecule has 0 fully saturated rings. The minimum absolute atomic E-state index is 0.636. The average molecular weight is 248 g/mol. The maximum absolute atomic E-state index is 5.20. The molecule has 0 spiro atoms. The quantitative estimate of drug-likeness (QED) is 0.772. The number of aromatic nitrogens is 3. The fourth-order valence-corrected chi connectivity index (χ4v) is 1.63. The Morgan fingerprint density at radius 1 is 1.39 bits per heavy atom. The third-order valence-electron chi connectivity index (χ3n) is 2.44. The summed E-state index contributed by atoms with van der Waals surface area (Å²) in [7, 11) is 1.65. The minimum Gasteiger partial charge on any atom is -0.497 e. The number of hydrogen-bond acceptors (Lipinski definition) is 6. The van der Waals surface area contributed by atoms with Crippen LogP contribution in [0.3, 0.4) is 0 Å². The van der Waals surface area contributed by atoms with Crippen LogP contribution in [0.15, 0.2) is 23.0 Å². The van der Waals surface area contributed by atoms with Crippen LogP contribution in [0.4, 0.5) is 0 Å². The first-order valence-electron chi connectivity index (χ1n) is 5.76. The van der Waals surface area contributed by atoms with Crippen LogP contribution in [0, 0.1) is 6.92 Å². The molecule has 2 rings (SSSR count). The van der Waals surface area contributed by atoms with Gasteiger partial charge in [-0.25, -0.2) is 0 Å². The number of rotatable bonds is 6. The van der Waals surface area contributed by atoms with E-state index in [1.165, 1.54) is 6.33 Å². The summed E-state index contributed by atoms with van der Waals surface area (Å²) in [6, 6.07) is 3.83. The number of ether oxygens (including phenoxy) is 1. The summed E-state index contributed by atoms with van der Waals surface area (Å²) >= 11 is 0. The normalized spacial score (nSPS) is 10.6. The Bertz CT molecular complexity index is 485. The van der Waals surface area contributed by atoms with E-state index in [4.69, 9.17) is 9.26 Å². The van der Waals surface area contributed by atoms with Crippen LogP contribution in [-0.4, -0.2) is 28.8 Å². The lowest BCUT2D eigenvalue weighted by Gasteiger charge is -2.06. The fourth-order valence-electron chi connectivity index (χ4n) is 1.63. The Balaban J connectivity index is 1.81. The van der Waals surface area contributed by atoms with Gasteiger partial charge in [0.25, 0.3) is 0 Å². The highest BCUT2D eigenvalue weighted by Crippen LogP contribution is 2.12. The van der Waals surface area contributed by atoms with Crippen molar-refractivity contribution in [3.63, 3.8) is 0 Å². The Hall–Kier alpha value is -1.95. The zero-order valence-electron chi connectivity index (χ0n) is 10.5. The van der Waals surface area contributed by atoms with Gasteiger partial charge < -0.3 is 14.6 Å². The Morgan fingerprint density at radius 2 is 2.28 bits per heavy atom. The van der Waals surface area contributed by atoms with E-state index in [0.717, 1.165) is 23.7 Å². The van der Waals surface area contributed by atoms with Crippen molar-refractivity contribution < 1.29 is 9.26 Å². The lowest BCUT2D eigenvalue weighted by Crippen LogP contribution is -2.17. The number of aryl methyl sites for hydroxylation is 1. The highest BCUT2D eigenvalue weighted by Gasteiger charge is 2.01. The van der Waals surface area contributed by atoms with Gasteiger partial charge in [0.1, 0.15) is 5.75 Å². The van der Waals surface area contributed by atoms with E-state index in [1.807, 2.05) is 19.1 Å².